The van der Waals surface area contributed by atoms with Gasteiger partial charge in [0, 0.05) is 20.7 Å². The van der Waals surface area contributed by atoms with Crippen LogP contribution in [0.25, 0.3) is 0 Å². The lowest BCUT2D eigenvalue weighted by Crippen LogP contribution is -2.43. The third kappa shape index (κ3) is 7.16. The summed E-state index contributed by atoms with van der Waals surface area (Å²) in [6.07, 6.45) is 1.13. The molecule has 5 nitrogen and oxygen atoms in total. The van der Waals surface area contributed by atoms with E-state index in [0.29, 0.717) is 25.0 Å². The molecule has 0 fully saturated rings. The Hall–Kier alpha value is -0.810. The van der Waals surface area contributed by atoms with Crippen molar-refractivity contribution in [1.29, 1.82) is 0 Å². The van der Waals surface area contributed by atoms with Gasteiger partial charge in [0.1, 0.15) is 0 Å². The maximum Gasteiger partial charge on any atom is 0.208 e. The number of methoxy groups -OCH3 is 1. The molecule has 0 unspecified atom stereocenters. The summed E-state index contributed by atoms with van der Waals surface area (Å²) in [4.78, 5) is 6.31. The molecule has 90 valence electrons. The van der Waals surface area contributed by atoms with Crippen molar-refractivity contribution in [2.24, 2.45) is 16.8 Å². The minimum atomic E-state index is 0.614. The topological polar surface area (TPSA) is 62.9 Å². The van der Waals surface area contributed by atoms with Gasteiger partial charge in [0.15, 0.2) is 0 Å². The van der Waals surface area contributed by atoms with Crippen molar-refractivity contribution in [2.45, 2.75) is 20.3 Å². The first-order chi connectivity index (χ1) is 7.11. The Bertz CT molecular complexity index is 182. The molecule has 0 radical (unpaired) electrons. The van der Waals surface area contributed by atoms with Gasteiger partial charge in [-0.1, -0.05) is 13.8 Å². The Kier molecular flexibility index (Phi) is 8.04. The van der Waals surface area contributed by atoms with E-state index >= 15 is 0 Å². The minimum Gasteiger partial charge on any atom is -0.383 e. The van der Waals surface area contributed by atoms with Crippen molar-refractivity contribution < 1.29 is 4.74 Å². The number of aliphatic imine (C=N–C) groups is 1. The number of nitrogens with two attached hydrogens (primary N) is 1. The van der Waals surface area contributed by atoms with E-state index in [1.54, 1.807) is 7.11 Å². The third-order valence-electron chi connectivity index (χ3n) is 2.09. The molecule has 0 saturated carbocycles. The molecule has 0 atom stereocenters. The number of hydrazine groups is 1. The van der Waals surface area contributed by atoms with Crippen LogP contribution in [-0.2, 0) is 4.74 Å². The molecule has 0 aromatic rings. The van der Waals surface area contributed by atoms with E-state index in [-0.39, 0.29) is 0 Å². The first-order valence-corrected chi connectivity index (χ1v) is 5.33. The molecule has 0 aromatic carbocycles. The van der Waals surface area contributed by atoms with Gasteiger partial charge in [-0.05, 0) is 12.3 Å². The molecule has 0 saturated heterocycles. The van der Waals surface area contributed by atoms with Gasteiger partial charge >= 0.3 is 0 Å². The number of nitrogens with zero attached hydrogens (tertiary/aromatic N) is 2. The number of ether oxygens (including phenoxy) is 1. The molecule has 15 heavy (non-hydrogen) atoms. The molecular weight excluding hydrogens is 192 g/mol. The fourth-order valence-electron chi connectivity index (χ4n) is 1.08. The van der Waals surface area contributed by atoms with Crippen molar-refractivity contribution in [3.63, 3.8) is 0 Å². The van der Waals surface area contributed by atoms with E-state index in [1.165, 1.54) is 0 Å². The lowest BCUT2D eigenvalue weighted by Gasteiger charge is -2.21. The average Bonchev–Trinajstić information content (AvgIpc) is 2.21. The molecule has 0 rings (SSSR count). The third-order valence-corrected chi connectivity index (χ3v) is 2.09. The summed E-state index contributed by atoms with van der Waals surface area (Å²) in [6, 6.07) is 0. The van der Waals surface area contributed by atoms with Crippen molar-refractivity contribution in [2.75, 3.05) is 33.9 Å². The van der Waals surface area contributed by atoms with Crippen molar-refractivity contribution >= 4 is 5.96 Å². The quantitative estimate of drug-likeness (QED) is 0.222. The zero-order valence-electron chi connectivity index (χ0n) is 10.3. The second kappa shape index (κ2) is 8.49. The maximum absolute atomic E-state index is 5.40. The average molecular weight is 216 g/mol. The Morgan fingerprint density at radius 2 is 2.20 bits per heavy atom. The second-order valence-corrected chi connectivity index (χ2v) is 3.95. The predicted molar refractivity (Wildman–Crippen MR) is 63.6 cm³/mol. The van der Waals surface area contributed by atoms with Crippen molar-refractivity contribution in [3.05, 3.63) is 0 Å². The van der Waals surface area contributed by atoms with Gasteiger partial charge in [-0.3, -0.25) is 5.43 Å². The van der Waals surface area contributed by atoms with Gasteiger partial charge in [0.25, 0.3) is 0 Å². The molecule has 0 spiro atoms. The van der Waals surface area contributed by atoms with E-state index < -0.39 is 0 Å². The highest BCUT2D eigenvalue weighted by molar-refractivity contribution is 5.79. The molecule has 0 aliphatic heterocycles. The fourth-order valence-corrected chi connectivity index (χ4v) is 1.08. The largest absolute Gasteiger partial charge is 0.383 e. The normalized spacial score (nSPS) is 12.0. The Labute approximate surface area is 92.7 Å². The summed E-state index contributed by atoms with van der Waals surface area (Å²) in [5, 5.41) is 0. The molecule has 0 aliphatic carbocycles. The van der Waals surface area contributed by atoms with Gasteiger partial charge in [-0.2, -0.15) is 0 Å². The van der Waals surface area contributed by atoms with Crippen LogP contribution in [0.15, 0.2) is 4.99 Å². The van der Waals surface area contributed by atoms with Crippen LogP contribution >= 0.6 is 0 Å². The first-order valence-electron chi connectivity index (χ1n) is 5.33. The van der Waals surface area contributed by atoms with Crippen LogP contribution < -0.4 is 11.3 Å². The van der Waals surface area contributed by atoms with Crippen LogP contribution in [0.3, 0.4) is 0 Å². The molecule has 0 amide bonds. The number of guanidine groups is 1. The van der Waals surface area contributed by atoms with Gasteiger partial charge in [-0.25, -0.2) is 10.8 Å². The summed E-state index contributed by atoms with van der Waals surface area (Å²) in [5.74, 6) is 6.80. The predicted octanol–water partition coefficient (Wildman–Crippen LogP) is 0.430. The number of nitrogens with one attached hydrogen (secondary N) is 1. The molecule has 0 aliphatic rings. The highest BCUT2D eigenvalue weighted by atomic mass is 16.5. The standard InChI is InChI=1S/C10H24N4O/c1-9(2)5-7-14(3)10(13-11)12-6-8-15-4/h9H,5-8,11H2,1-4H3,(H,12,13). The van der Waals surface area contributed by atoms with Crippen LogP contribution in [0.1, 0.15) is 20.3 Å². The molecule has 0 aromatic heterocycles. The Morgan fingerprint density at radius 1 is 1.53 bits per heavy atom. The molecular formula is C10H24N4O. The van der Waals surface area contributed by atoms with Gasteiger partial charge < -0.3 is 9.64 Å². The summed E-state index contributed by atoms with van der Waals surface area (Å²) >= 11 is 0. The smallest absolute Gasteiger partial charge is 0.208 e. The highest BCUT2D eigenvalue weighted by Crippen LogP contribution is 2.00. The maximum atomic E-state index is 5.40. The van der Waals surface area contributed by atoms with Gasteiger partial charge in [0.2, 0.25) is 5.96 Å². The summed E-state index contributed by atoms with van der Waals surface area (Å²) in [5.41, 5.74) is 2.60. The zero-order chi connectivity index (χ0) is 11.7. The van der Waals surface area contributed by atoms with Crippen LogP contribution in [0, 0.1) is 5.92 Å². The van der Waals surface area contributed by atoms with E-state index in [1.807, 2.05) is 11.9 Å². The van der Waals surface area contributed by atoms with Crippen LogP contribution in [0.2, 0.25) is 0 Å². The second-order valence-electron chi connectivity index (χ2n) is 3.95. The van der Waals surface area contributed by atoms with Gasteiger partial charge in [0.05, 0.1) is 13.2 Å². The number of rotatable bonds is 6. The monoisotopic (exact) mass is 216 g/mol. The van der Waals surface area contributed by atoms with Crippen molar-refractivity contribution in [1.82, 2.24) is 10.3 Å². The van der Waals surface area contributed by atoms with Crippen LogP contribution in [0.4, 0.5) is 0 Å². The van der Waals surface area contributed by atoms with Crippen molar-refractivity contribution in [3.8, 4) is 0 Å². The van der Waals surface area contributed by atoms with E-state index in [0.717, 1.165) is 13.0 Å². The summed E-state index contributed by atoms with van der Waals surface area (Å²) < 4.78 is 4.92. The highest BCUT2D eigenvalue weighted by Gasteiger charge is 2.04. The minimum absolute atomic E-state index is 0.614. The van der Waals surface area contributed by atoms with Gasteiger partial charge in [-0.15, -0.1) is 0 Å². The fraction of sp³-hybridized carbons (Fsp3) is 0.900. The molecule has 0 bridgehead atoms. The molecule has 0 heterocycles. The Morgan fingerprint density at radius 3 is 2.67 bits per heavy atom. The van der Waals surface area contributed by atoms with E-state index in [4.69, 9.17) is 10.6 Å². The van der Waals surface area contributed by atoms with Crippen LogP contribution in [0.5, 0.6) is 0 Å². The Balaban J connectivity index is 3.97. The lowest BCUT2D eigenvalue weighted by molar-refractivity contribution is 0.207. The van der Waals surface area contributed by atoms with E-state index in [2.05, 4.69) is 24.3 Å². The SMILES string of the molecule is COCCN=C(NN)N(C)CCC(C)C. The number of hydrogen-bond acceptors (Lipinski definition) is 3. The zero-order valence-corrected chi connectivity index (χ0v) is 10.3. The van der Waals surface area contributed by atoms with Crippen LogP contribution in [-0.4, -0.2) is 44.7 Å². The lowest BCUT2D eigenvalue weighted by atomic mass is 10.1. The molecule has 3 N–H and O–H groups in total. The molecule has 5 heteroatoms. The first kappa shape index (κ1) is 14.2. The summed E-state index contributed by atoms with van der Waals surface area (Å²) in [7, 11) is 3.64. The van der Waals surface area contributed by atoms with E-state index in [9.17, 15) is 0 Å². The summed E-state index contributed by atoms with van der Waals surface area (Å²) in [6.45, 7) is 6.59. The number of hydrogen-bond donors (Lipinski definition) is 2.